The number of carbonyl (C=O) groups excluding carboxylic acids is 2. The van der Waals surface area contributed by atoms with Crippen molar-refractivity contribution in [2.45, 2.75) is 25.9 Å². The zero-order valence-electron chi connectivity index (χ0n) is 10.2. The van der Waals surface area contributed by atoms with Crippen molar-refractivity contribution >= 4 is 12.3 Å². The highest BCUT2D eigenvalue weighted by Gasteiger charge is 2.36. The van der Waals surface area contributed by atoms with E-state index in [1.165, 1.54) is 0 Å². The Hall–Kier alpha value is -1.10. The maximum Gasteiger partial charge on any atom is 0.254 e. The lowest BCUT2D eigenvalue weighted by Crippen LogP contribution is -2.55. The molecule has 5 nitrogen and oxygen atoms in total. The van der Waals surface area contributed by atoms with Gasteiger partial charge in [-0.3, -0.25) is 9.59 Å². The summed E-state index contributed by atoms with van der Waals surface area (Å²) in [7, 11) is 1.56. The third-order valence-electron chi connectivity index (χ3n) is 3.33. The minimum Gasteiger partial charge on any atom is -0.369 e. The predicted octanol–water partition coefficient (Wildman–Crippen LogP) is 0.102. The molecule has 0 aliphatic carbocycles. The van der Waals surface area contributed by atoms with Crippen molar-refractivity contribution in [3.05, 3.63) is 0 Å². The minimum absolute atomic E-state index is 0.0167. The summed E-state index contributed by atoms with van der Waals surface area (Å²) in [6.07, 6.45) is 1.48. The standard InChI is InChI=1S/C11H20N2O3/c1-4-11(2,16-3)10(15)13-7-5-12(9-14)6-8-13/h9H,4-8H2,1-3H3. The molecule has 2 amide bonds. The van der Waals surface area contributed by atoms with Crippen molar-refractivity contribution in [3.63, 3.8) is 0 Å². The molecule has 1 atom stereocenters. The monoisotopic (exact) mass is 228 g/mol. The molecule has 0 aromatic heterocycles. The third kappa shape index (κ3) is 2.52. The second-order valence-electron chi connectivity index (χ2n) is 4.22. The number of rotatable bonds is 4. The van der Waals surface area contributed by atoms with Gasteiger partial charge in [-0.15, -0.1) is 0 Å². The van der Waals surface area contributed by atoms with E-state index in [0.29, 0.717) is 32.6 Å². The van der Waals surface area contributed by atoms with Crippen LogP contribution in [0.25, 0.3) is 0 Å². The van der Waals surface area contributed by atoms with Gasteiger partial charge < -0.3 is 14.5 Å². The lowest BCUT2D eigenvalue weighted by molar-refractivity contribution is -0.155. The number of amides is 2. The zero-order chi connectivity index (χ0) is 12.2. The number of hydrogen-bond donors (Lipinski definition) is 0. The predicted molar refractivity (Wildman–Crippen MR) is 59.9 cm³/mol. The Balaban J connectivity index is 2.59. The Morgan fingerprint density at radius 2 is 1.94 bits per heavy atom. The molecular weight excluding hydrogens is 208 g/mol. The first kappa shape index (κ1) is 13.0. The van der Waals surface area contributed by atoms with Crippen molar-refractivity contribution in [3.8, 4) is 0 Å². The van der Waals surface area contributed by atoms with Crippen LogP contribution in [0.5, 0.6) is 0 Å². The molecule has 0 aromatic carbocycles. The molecule has 92 valence electrons. The van der Waals surface area contributed by atoms with Gasteiger partial charge in [-0.2, -0.15) is 0 Å². The molecule has 5 heteroatoms. The first-order valence-corrected chi connectivity index (χ1v) is 5.61. The minimum atomic E-state index is -0.733. The van der Waals surface area contributed by atoms with Crippen molar-refractivity contribution in [2.75, 3.05) is 33.3 Å². The van der Waals surface area contributed by atoms with Gasteiger partial charge in [-0.1, -0.05) is 6.92 Å². The van der Waals surface area contributed by atoms with E-state index in [0.717, 1.165) is 6.41 Å². The first-order valence-electron chi connectivity index (χ1n) is 5.61. The number of carbonyl (C=O) groups is 2. The van der Waals surface area contributed by atoms with Crippen LogP contribution in [0.15, 0.2) is 0 Å². The summed E-state index contributed by atoms with van der Waals surface area (Å²) in [5, 5.41) is 0. The van der Waals surface area contributed by atoms with E-state index in [2.05, 4.69) is 0 Å². The maximum absolute atomic E-state index is 12.2. The smallest absolute Gasteiger partial charge is 0.254 e. The lowest BCUT2D eigenvalue weighted by Gasteiger charge is -2.37. The second-order valence-corrected chi connectivity index (χ2v) is 4.22. The molecule has 0 bridgehead atoms. The fraction of sp³-hybridized carbons (Fsp3) is 0.818. The van der Waals surface area contributed by atoms with Gasteiger partial charge in [0.1, 0.15) is 5.60 Å². The number of ether oxygens (including phenoxy) is 1. The highest BCUT2D eigenvalue weighted by atomic mass is 16.5. The fourth-order valence-corrected chi connectivity index (χ4v) is 1.75. The molecule has 1 unspecified atom stereocenters. The molecule has 1 fully saturated rings. The highest BCUT2D eigenvalue weighted by Crippen LogP contribution is 2.18. The second kappa shape index (κ2) is 5.30. The SMILES string of the molecule is CCC(C)(OC)C(=O)N1CCN(C=O)CC1. The Morgan fingerprint density at radius 1 is 1.38 bits per heavy atom. The number of piperazine rings is 1. The van der Waals surface area contributed by atoms with Gasteiger partial charge in [0.25, 0.3) is 5.91 Å². The molecule has 0 aromatic rings. The normalized spacial score (nSPS) is 20.4. The van der Waals surface area contributed by atoms with Crippen molar-refractivity contribution in [1.82, 2.24) is 9.80 Å². The largest absolute Gasteiger partial charge is 0.369 e. The molecule has 16 heavy (non-hydrogen) atoms. The summed E-state index contributed by atoms with van der Waals surface area (Å²) < 4.78 is 5.28. The van der Waals surface area contributed by atoms with Crippen LogP contribution in [-0.2, 0) is 14.3 Å². The van der Waals surface area contributed by atoms with Gasteiger partial charge in [-0.25, -0.2) is 0 Å². The van der Waals surface area contributed by atoms with Gasteiger partial charge >= 0.3 is 0 Å². The Kier molecular flexibility index (Phi) is 4.29. The average Bonchev–Trinajstić information content (AvgIpc) is 2.37. The summed E-state index contributed by atoms with van der Waals surface area (Å²) >= 11 is 0. The summed E-state index contributed by atoms with van der Waals surface area (Å²) in [4.78, 5) is 26.2. The molecule has 1 heterocycles. The third-order valence-corrected chi connectivity index (χ3v) is 3.33. The summed E-state index contributed by atoms with van der Waals surface area (Å²) in [5.41, 5.74) is -0.733. The summed E-state index contributed by atoms with van der Waals surface area (Å²) in [6.45, 7) is 6.15. The number of methoxy groups -OCH3 is 1. The van der Waals surface area contributed by atoms with Gasteiger partial charge in [0, 0.05) is 33.3 Å². The lowest BCUT2D eigenvalue weighted by atomic mass is 10.0. The Labute approximate surface area is 96.3 Å². The van der Waals surface area contributed by atoms with Gasteiger partial charge in [0.15, 0.2) is 0 Å². The topological polar surface area (TPSA) is 49.9 Å². The molecule has 0 N–H and O–H groups in total. The zero-order valence-corrected chi connectivity index (χ0v) is 10.2. The van der Waals surface area contributed by atoms with Crippen molar-refractivity contribution in [1.29, 1.82) is 0 Å². The average molecular weight is 228 g/mol. The van der Waals surface area contributed by atoms with Crippen LogP contribution < -0.4 is 0 Å². The van der Waals surface area contributed by atoms with Crippen LogP contribution in [0.3, 0.4) is 0 Å². The first-order chi connectivity index (χ1) is 7.57. The molecule has 0 spiro atoms. The molecule has 0 radical (unpaired) electrons. The van der Waals surface area contributed by atoms with Gasteiger partial charge in [-0.05, 0) is 13.3 Å². The van der Waals surface area contributed by atoms with E-state index < -0.39 is 5.60 Å². The molecule has 1 rings (SSSR count). The number of nitrogens with zero attached hydrogens (tertiary/aromatic N) is 2. The van der Waals surface area contributed by atoms with Crippen molar-refractivity contribution in [2.24, 2.45) is 0 Å². The van der Waals surface area contributed by atoms with E-state index in [1.807, 2.05) is 6.92 Å². The Morgan fingerprint density at radius 3 is 2.31 bits per heavy atom. The van der Waals surface area contributed by atoms with E-state index in [1.54, 1.807) is 23.8 Å². The van der Waals surface area contributed by atoms with Crippen LogP contribution in [-0.4, -0.2) is 61.0 Å². The van der Waals surface area contributed by atoms with Crippen LogP contribution in [0.2, 0.25) is 0 Å². The van der Waals surface area contributed by atoms with Crippen LogP contribution in [0.1, 0.15) is 20.3 Å². The van der Waals surface area contributed by atoms with E-state index in [9.17, 15) is 9.59 Å². The fourth-order valence-electron chi connectivity index (χ4n) is 1.75. The maximum atomic E-state index is 12.2. The van der Waals surface area contributed by atoms with E-state index in [4.69, 9.17) is 4.74 Å². The molecule has 1 aliphatic heterocycles. The number of hydrogen-bond acceptors (Lipinski definition) is 3. The molecule has 0 saturated carbocycles. The highest BCUT2D eigenvalue weighted by molar-refractivity contribution is 5.85. The van der Waals surface area contributed by atoms with Crippen LogP contribution >= 0.6 is 0 Å². The van der Waals surface area contributed by atoms with Crippen LogP contribution in [0, 0.1) is 0 Å². The molecule has 1 aliphatic rings. The quantitative estimate of drug-likeness (QED) is 0.641. The summed E-state index contributed by atoms with van der Waals surface area (Å²) in [5.74, 6) is 0.0167. The van der Waals surface area contributed by atoms with Crippen LogP contribution in [0.4, 0.5) is 0 Å². The van der Waals surface area contributed by atoms with Crippen molar-refractivity contribution < 1.29 is 14.3 Å². The molecule has 1 saturated heterocycles. The van der Waals surface area contributed by atoms with Gasteiger partial charge in [0.2, 0.25) is 6.41 Å². The van der Waals surface area contributed by atoms with Gasteiger partial charge in [0.05, 0.1) is 0 Å². The van der Waals surface area contributed by atoms with E-state index >= 15 is 0 Å². The van der Waals surface area contributed by atoms with E-state index in [-0.39, 0.29) is 5.91 Å². The Bertz CT molecular complexity index is 256. The summed E-state index contributed by atoms with van der Waals surface area (Å²) in [6, 6.07) is 0. The molecular formula is C11H20N2O3.